The molecule has 3 aromatic rings. The van der Waals surface area contributed by atoms with E-state index in [0.29, 0.717) is 28.8 Å². The fourth-order valence-electron chi connectivity index (χ4n) is 4.27. The summed E-state index contributed by atoms with van der Waals surface area (Å²) in [7, 11) is 0. The number of carbonyl (C=O) groups is 2. The Balaban J connectivity index is 0.000000274. The minimum Gasteiger partial charge on any atom is -0.503 e. The third-order valence-electron chi connectivity index (χ3n) is 6.59. The first kappa shape index (κ1) is 31.6. The van der Waals surface area contributed by atoms with Gasteiger partial charge in [-0.2, -0.15) is 0 Å². The predicted octanol–water partition coefficient (Wildman–Crippen LogP) is 7.10. The summed E-state index contributed by atoms with van der Waals surface area (Å²) >= 11 is 0. The van der Waals surface area contributed by atoms with Crippen LogP contribution in [0, 0.1) is 0 Å². The Morgan fingerprint density at radius 1 is 0.846 bits per heavy atom. The van der Waals surface area contributed by atoms with Crippen molar-refractivity contribution in [3.8, 4) is 5.75 Å². The van der Waals surface area contributed by atoms with Crippen molar-refractivity contribution >= 4 is 28.3 Å². The van der Waals surface area contributed by atoms with E-state index in [1.807, 2.05) is 12.1 Å². The number of aromatic nitrogens is 1. The Kier molecular flexibility index (Phi) is 14.4. The number of benzene rings is 2. The number of hydrogen-bond donors (Lipinski definition) is 3. The Bertz CT molecular complexity index is 1230. The molecule has 1 heterocycles. The number of nitrogen functional groups attached to an aromatic ring is 1. The normalized spacial score (nSPS) is 10.6. The lowest BCUT2D eigenvalue weighted by Crippen LogP contribution is -2.15. The molecule has 0 saturated carbocycles. The average molecular weight is 537 g/mol. The molecule has 7 nitrogen and oxygen atoms in total. The summed E-state index contributed by atoms with van der Waals surface area (Å²) < 4.78 is 4.98. The molecule has 0 aliphatic heterocycles. The molecule has 0 saturated heterocycles. The highest BCUT2D eigenvalue weighted by atomic mass is 16.5. The molecule has 0 atom stereocenters. The number of esters is 1. The van der Waals surface area contributed by atoms with Crippen molar-refractivity contribution in [2.45, 2.75) is 90.9 Å². The largest absolute Gasteiger partial charge is 0.503 e. The van der Waals surface area contributed by atoms with E-state index in [2.05, 4.69) is 18.8 Å². The quantitative estimate of drug-likeness (QED) is 0.108. The molecule has 0 spiro atoms. The number of rotatable bonds is 15. The molecule has 1 aromatic heterocycles. The number of pyridine rings is 1. The average Bonchev–Trinajstić information content (AvgIpc) is 2.94. The monoisotopic (exact) mass is 536 g/mol. The van der Waals surface area contributed by atoms with Crippen molar-refractivity contribution in [1.82, 2.24) is 4.98 Å². The minimum atomic E-state index is -0.539. The molecule has 0 unspecified atom stereocenters. The molecule has 0 amide bonds. The SMILES string of the molecule is CCCCCCCC(=O)COC(=O)c1ccccc1N.CCCCCCCc1[nH]c2ccccc2c(=O)c1O. The number of unbranched alkanes of at least 4 members (excludes halogenated alkanes) is 8. The predicted molar refractivity (Wildman–Crippen MR) is 158 cm³/mol. The summed E-state index contributed by atoms with van der Waals surface area (Å²) in [4.78, 5) is 38.5. The smallest absolute Gasteiger partial charge is 0.340 e. The summed E-state index contributed by atoms with van der Waals surface area (Å²) in [5.74, 6) is -0.694. The van der Waals surface area contributed by atoms with Crippen LogP contribution in [-0.2, 0) is 16.0 Å². The summed E-state index contributed by atoms with van der Waals surface area (Å²) in [5, 5.41) is 10.5. The van der Waals surface area contributed by atoms with Crippen molar-refractivity contribution in [3.05, 3.63) is 70.0 Å². The van der Waals surface area contributed by atoms with Crippen LogP contribution in [0.25, 0.3) is 10.9 Å². The van der Waals surface area contributed by atoms with Crippen LogP contribution in [-0.4, -0.2) is 28.4 Å². The van der Waals surface area contributed by atoms with Crippen molar-refractivity contribution in [1.29, 1.82) is 0 Å². The van der Waals surface area contributed by atoms with Gasteiger partial charge in [-0.15, -0.1) is 0 Å². The van der Waals surface area contributed by atoms with Gasteiger partial charge in [-0.1, -0.05) is 89.5 Å². The Morgan fingerprint density at radius 3 is 2.15 bits per heavy atom. The number of ketones is 1. The number of anilines is 1. The topological polar surface area (TPSA) is 122 Å². The molecule has 3 rings (SSSR count). The second-order valence-corrected chi connectivity index (χ2v) is 9.86. The molecule has 0 aliphatic rings. The number of aryl methyl sites for hydroxylation is 1. The number of ether oxygens (including phenoxy) is 1. The molecular formula is C32H44N2O5. The van der Waals surface area contributed by atoms with Crippen molar-refractivity contribution in [2.75, 3.05) is 12.3 Å². The molecule has 2 aromatic carbocycles. The molecular weight excluding hydrogens is 492 g/mol. The lowest BCUT2D eigenvalue weighted by molar-refractivity contribution is -0.122. The lowest BCUT2D eigenvalue weighted by atomic mass is 10.1. The third-order valence-corrected chi connectivity index (χ3v) is 6.59. The van der Waals surface area contributed by atoms with E-state index < -0.39 is 5.97 Å². The van der Waals surface area contributed by atoms with Gasteiger partial charge in [0.2, 0.25) is 5.43 Å². The van der Waals surface area contributed by atoms with Crippen molar-refractivity contribution in [3.63, 3.8) is 0 Å². The van der Waals surface area contributed by atoms with Crippen LogP contribution in [0.15, 0.2) is 53.3 Å². The number of Topliss-reactive ketones (excluding diaryl/α,β-unsaturated/α-hetero) is 1. The van der Waals surface area contributed by atoms with Crippen LogP contribution in [0.3, 0.4) is 0 Å². The second kappa shape index (κ2) is 17.8. The van der Waals surface area contributed by atoms with Crippen molar-refractivity contribution < 1.29 is 19.4 Å². The Labute approximate surface area is 231 Å². The lowest BCUT2D eigenvalue weighted by Gasteiger charge is -2.07. The van der Waals surface area contributed by atoms with Gasteiger partial charge in [-0.25, -0.2) is 4.79 Å². The van der Waals surface area contributed by atoms with Crippen molar-refractivity contribution in [2.24, 2.45) is 0 Å². The molecule has 0 aliphatic carbocycles. The molecule has 39 heavy (non-hydrogen) atoms. The van der Waals surface area contributed by atoms with Gasteiger partial charge in [0.05, 0.1) is 11.3 Å². The number of nitrogens with two attached hydrogens (primary N) is 1. The Morgan fingerprint density at radius 2 is 1.46 bits per heavy atom. The van der Waals surface area contributed by atoms with E-state index in [1.165, 1.54) is 32.1 Å². The number of H-pyrrole nitrogens is 1. The summed E-state index contributed by atoms with van der Waals surface area (Å²) in [6, 6.07) is 14.0. The highest BCUT2D eigenvalue weighted by Crippen LogP contribution is 2.18. The molecule has 4 N–H and O–H groups in total. The highest BCUT2D eigenvalue weighted by Gasteiger charge is 2.12. The minimum absolute atomic E-state index is 0.0376. The van der Waals surface area contributed by atoms with Crippen LogP contribution in [0.1, 0.15) is 101 Å². The van der Waals surface area contributed by atoms with Gasteiger partial charge in [0, 0.05) is 23.0 Å². The van der Waals surface area contributed by atoms with Crippen LogP contribution in [0.2, 0.25) is 0 Å². The number of para-hydroxylation sites is 2. The second-order valence-electron chi connectivity index (χ2n) is 9.86. The van der Waals surface area contributed by atoms with Gasteiger partial charge in [-0.3, -0.25) is 9.59 Å². The van der Waals surface area contributed by atoms with Gasteiger partial charge in [0.15, 0.2) is 11.5 Å². The molecule has 0 bridgehead atoms. The summed E-state index contributed by atoms with van der Waals surface area (Å²) in [5.41, 5.74) is 7.54. The van der Waals surface area contributed by atoms with E-state index >= 15 is 0 Å². The molecule has 7 heteroatoms. The third kappa shape index (κ3) is 11.0. The van der Waals surface area contributed by atoms with E-state index in [-0.39, 0.29) is 23.6 Å². The first-order valence-corrected chi connectivity index (χ1v) is 14.2. The van der Waals surface area contributed by atoms with Crippen LogP contribution < -0.4 is 11.2 Å². The van der Waals surface area contributed by atoms with Gasteiger partial charge < -0.3 is 20.6 Å². The summed E-state index contributed by atoms with van der Waals surface area (Å²) in [6.07, 6.45) is 12.5. The maximum atomic E-state index is 12.0. The number of fused-ring (bicyclic) bond motifs is 1. The molecule has 212 valence electrons. The van der Waals surface area contributed by atoms with Gasteiger partial charge in [0.1, 0.15) is 6.61 Å². The molecule has 0 radical (unpaired) electrons. The van der Waals surface area contributed by atoms with Gasteiger partial charge in [-0.05, 0) is 43.5 Å². The van der Waals surface area contributed by atoms with Crippen LogP contribution in [0.4, 0.5) is 5.69 Å². The van der Waals surface area contributed by atoms with E-state index in [0.717, 1.165) is 44.0 Å². The number of nitrogens with one attached hydrogen (secondary N) is 1. The fraction of sp³-hybridized carbons (Fsp3) is 0.469. The maximum absolute atomic E-state index is 12.0. The van der Waals surface area contributed by atoms with E-state index in [4.69, 9.17) is 10.5 Å². The Hall–Kier alpha value is -3.61. The number of aromatic hydroxyl groups is 1. The van der Waals surface area contributed by atoms with E-state index in [9.17, 15) is 19.5 Å². The zero-order chi connectivity index (χ0) is 28.5. The fourth-order valence-corrected chi connectivity index (χ4v) is 4.27. The zero-order valence-electron chi connectivity index (χ0n) is 23.5. The molecule has 0 fully saturated rings. The highest BCUT2D eigenvalue weighted by molar-refractivity contribution is 5.96. The number of hydrogen-bond acceptors (Lipinski definition) is 6. The first-order valence-electron chi connectivity index (χ1n) is 14.2. The first-order chi connectivity index (χ1) is 18.9. The summed E-state index contributed by atoms with van der Waals surface area (Å²) in [6.45, 7) is 4.17. The zero-order valence-corrected chi connectivity index (χ0v) is 23.5. The van der Waals surface area contributed by atoms with Gasteiger partial charge in [0.25, 0.3) is 0 Å². The maximum Gasteiger partial charge on any atom is 0.340 e. The standard InChI is InChI=1S/C16H23NO3.C16H21NO2/c1-2-3-4-5-6-9-13(18)12-20-16(19)14-10-7-8-11-15(14)17;1-2-3-4-5-6-11-14-16(19)15(18)12-9-7-8-10-13(12)17-14/h7-8,10-11H,2-6,9,12,17H2,1H3;7-10,19H,2-6,11H2,1H3,(H,17,18). The van der Waals surface area contributed by atoms with Crippen LogP contribution in [0.5, 0.6) is 5.75 Å². The van der Waals surface area contributed by atoms with Gasteiger partial charge >= 0.3 is 5.97 Å². The van der Waals surface area contributed by atoms with E-state index in [1.54, 1.807) is 36.4 Å². The number of carbonyl (C=O) groups excluding carboxylic acids is 2. The van der Waals surface area contributed by atoms with Crippen LogP contribution >= 0.6 is 0 Å². The number of aromatic amines is 1.